The van der Waals surface area contributed by atoms with Gasteiger partial charge in [0.05, 0.1) is 17.8 Å². The average molecular weight is 395 g/mol. The maximum absolute atomic E-state index is 13.2. The summed E-state index contributed by atoms with van der Waals surface area (Å²) in [5, 5.41) is 0. The van der Waals surface area contributed by atoms with Crippen molar-refractivity contribution in [1.82, 2.24) is 14.5 Å². The summed E-state index contributed by atoms with van der Waals surface area (Å²) in [7, 11) is 0. The second-order valence-electron chi connectivity index (χ2n) is 7.42. The maximum atomic E-state index is 13.2. The predicted octanol–water partition coefficient (Wildman–Crippen LogP) is 4.75. The number of nitrogens with zero attached hydrogens (tertiary/aromatic N) is 2. The molecule has 2 aromatic carbocycles. The third kappa shape index (κ3) is 3.46. The lowest BCUT2D eigenvalue weighted by Crippen LogP contribution is -2.17. The number of fused-ring (bicyclic) bond motifs is 1. The number of hydrogen-bond acceptors (Lipinski definition) is 3. The van der Waals surface area contributed by atoms with Gasteiger partial charge in [-0.2, -0.15) is 0 Å². The van der Waals surface area contributed by atoms with Crippen molar-refractivity contribution in [1.29, 1.82) is 0 Å². The van der Waals surface area contributed by atoms with Crippen molar-refractivity contribution in [3.63, 3.8) is 0 Å². The van der Waals surface area contributed by atoms with Gasteiger partial charge in [0.25, 0.3) is 5.56 Å². The molecule has 0 amide bonds. The van der Waals surface area contributed by atoms with Gasteiger partial charge >= 0.3 is 0 Å². The Bertz CT molecular complexity index is 1310. The van der Waals surface area contributed by atoms with Crippen molar-refractivity contribution in [3.05, 3.63) is 118 Å². The van der Waals surface area contributed by atoms with Crippen molar-refractivity contribution >= 4 is 0 Å². The van der Waals surface area contributed by atoms with E-state index in [2.05, 4.69) is 17.1 Å². The Balaban J connectivity index is 1.65. The minimum Gasteiger partial charge on any atom is -0.466 e. The third-order valence-corrected chi connectivity index (χ3v) is 5.19. The minimum atomic E-state index is -0.112. The first-order chi connectivity index (χ1) is 14.7. The highest BCUT2D eigenvalue weighted by Crippen LogP contribution is 2.23. The molecule has 3 heterocycles. The molecule has 0 aliphatic carbocycles. The second kappa shape index (κ2) is 7.52. The topological polar surface area (TPSA) is 63.8 Å². The summed E-state index contributed by atoms with van der Waals surface area (Å²) >= 11 is 0. The number of aromatic nitrogens is 3. The zero-order valence-corrected chi connectivity index (χ0v) is 16.6. The van der Waals surface area contributed by atoms with Crippen LogP contribution in [-0.2, 0) is 12.8 Å². The lowest BCUT2D eigenvalue weighted by molar-refractivity contribution is 0.491. The first-order valence-electron chi connectivity index (χ1n) is 9.95. The van der Waals surface area contributed by atoms with Crippen LogP contribution in [0.3, 0.4) is 0 Å². The van der Waals surface area contributed by atoms with Crippen LogP contribution < -0.4 is 5.56 Å². The summed E-state index contributed by atoms with van der Waals surface area (Å²) in [5.74, 6) is 2.22. The molecule has 148 valence electrons. The van der Waals surface area contributed by atoms with Crippen molar-refractivity contribution in [2.75, 3.05) is 0 Å². The molecule has 0 spiro atoms. The summed E-state index contributed by atoms with van der Waals surface area (Å²) < 4.78 is 7.32. The number of furan rings is 1. The van der Waals surface area contributed by atoms with Gasteiger partial charge in [-0.25, -0.2) is 4.98 Å². The van der Waals surface area contributed by atoms with Gasteiger partial charge in [-0.05, 0) is 30.2 Å². The van der Waals surface area contributed by atoms with E-state index in [-0.39, 0.29) is 5.56 Å². The van der Waals surface area contributed by atoms with E-state index in [0.717, 1.165) is 34.0 Å². The molecule has 3 aromatic rings. The van der Waals surface area contributed by atoms with Crippen molar-refractivity contribution < 1.29 is 4.42 Å². The maximum Gasteiger partial charge on any atom is 0.278 e. The van der Waals surface area contributed by atoms with Gasteiger partial charge in [0, 0.05) is 12.6 Å². The number of aromatic amines is 1. The van der Waals surface area contributed by atoms with E-state index in [4.69, 9.17) is 9.40 Å². The van der Waals surface area contributed by atoms with Gasteiger partial charge in [0.1, 0.15) is 17.2 Å². The Labute approximate surface area is 174 Å². The fourth-order valence-corrected chi connectivity index (χ4v) is 3.73. The van der Waals surface area contributed by atoms with Crippen LogP contribution in [-0.4, -0.2) is 14.5 Å². The van der Waals surface area contributed by atoms with E-state index in [1.165, 1.54) is 0 Å². The highest BCUT2D eigenvalue weighted by atomic mass is 16.3. The van der Waals surface area contributed by atoms with E-state index < -0.39 is 0 Å². The molecule has 0 atom stereocenters. The zero-order valence-electron chi connectivity index (χ0n) is 16.6. The first kappa shape index (κ1) is 18.2. The minimum absolute atomic E-state index is 0.112. The molecule has 0 saturated heterocycles. The predicted molar refractivity (Wildman–Crippen MR) is 116 cm³/mol. The molecule has 0 saturated carbocycles. The van der Waals surface area contributed by atoms with Gasteiger partial charge in [-0.15, -0.1) is 0 Å². The molecule has 2 aliphatic rings. The Kier molecular flexibility index (Phi) is 4.56. The van der Waals surface area contributed by atoms with Gasteiger partial charge < -0.3 is 9.40 Å². The zero-order chi connectivity index (χ0) is 20.5. The molecule has 5 heteroatoms. The van der Waals surface area contributed by atoms with E-state index in [1.54, 1.807) is 4.57 Å². The molecule has 1 N–H and O–H groups in total. The fraction of sp³-hybridized carbons (Fsp3) is 0.120. The second-order valence-corrected chi connectivity index (χ2v) is 7.42. The Morgan fingerprint density at radius 3 is 2.37 bits per heavy atom. The molecule has 5 nitrogen and oxygen atoms in total. The molecule has 5 rings (SSSR count). The van der Waals surface area contributed by atoms with Crippen LogP contribution in [0.2, 0.25) is 0 Å². The molecule has 0 fully saturated rings. The highest BCUT2D eigenvalue weighted by molar-refractivity contribution is 5.60. The Morgan fingerprint density at radius 2 is 1.67 bits per heavy atom. The quantitative estimate of drug-likeness (QED) is 0.467. The summed E-state index contributed by atoms with van der Waals surface area (Å²) in [6.07, 6.45) is 2.87. The van der Waals surface area contributed by atoms with Crippen LogP contribution in [0.5, 0.6) is 0 Å². The molecule has 0 bridgehead atoms. The van der Waals surface area contributed by atoms with E-state index in [9.17, 15) is 4.79 Å². The van der Waals surface area contributed by atoms with Gasteiger partial charge in [0.15, 0.2) is 5.82 Å². The molecular formula is C25H21N3O2. The lowest BCUT2D eigenvalue weighted by atomic mass is 10.1. The van der Waals surface area contributed by atoms with Crippen LogP contribution in [0.1, 0.15) is 28.5 Å². The molecule has 0 unspecified atom stereocenters. The number of imidazole rings is 1. The summed E-state index contributed by atoms with van der Waals surface area (Å²) in [6, 6.07) is 24.0. The number of nitrogens with one attached hydrogen (secondary N) is 1. The van der Waals surface area contributed by atoms with Gasteiger partial charge in [0.2, 0.25) is 0 Å². The van der Waals surface area contributed by atoms with Gasteiger partial charge in [-0.1, -0.05) is 60.7 Å². The molecule has 2 aliphatic heterocycles. The molecule has 0 radical (unpaired) electrons. The van der Waals surface area contributed by atoms with Crippen LogP contribution in [0.25, 0.3) is 17.1 Å². The number of rotatable bonds is 5. The normalized spacial score (nSPS) is 11.2. The Morgan fingerprint density at radius 1 is 0.933 bits per heavy atom. The first-order valence-corrected chi connectivity index (χ1v) is 9.95. The molecular weight excluding hydrogens is 374 g/mol. The van der Waals surface area contributed by atoms with Crippen LogP contribution >= 0.6 is 0 Å². The SMILES string of the molecule is Cc1ccc(Cc2nc3c(Cc4ccccc4)[nH]c(-c4ccccc4)cn-3c2=O)o1. The van der Waals surface area contributed by atoms with Crippen molar-refractivity contribution in [2.45, 2.75) is 19.8 Å². The van der Waals surface area contributed by atoms with Crippen LogP contribution in [0, 0.1) is 6.92 Å². The third-order valence-electron chi connectivity index (χ3n) is 5.19. The number of H-pyrrole nitrogens is 1. The standard InChI is InChI=1S/C25H21N3O2/c1-17-12-13-20(30-17)15-22-25(29)28-16-23(19-10-6-3-7-11-19)26-21(24(28)27-22)14-18-8-4-2-5-9-18/h2-13,16,26H,14-15H2,1H3. The number of aryl methyl sites for hydroxylation is 1. The Hall–Kier alpha value is -3.86. The summed E-state index contributed by atoms with van der Waals surface area (Å²) in [6.45, 7) is 1.89. The number of benzene rings is 2. The van der Waals surface area contributed by atoms with Crippen LogP contribution in [0.4, 0.5) is 0 Å². The van der Waals surface area contributed by atoms with Gasteiger partial charge in [-0.3, -0.25) is 9.36 Å². The van der Waals surface area contributed by atoms with E-state index in [0.29, 0.717) is 24.4 Å². The summed E-state index contributed by atoms with van der Waals surface area (Å²) in [5.41, 5.74) is 4.33. The smallest absolute Gasteiger partial charge is 0.278 e. The fourth-order valence-electron chi connectivity index (χ4n) is 3.73. The van der Waals surface area contributed by atoms with Crippen molar-refractivity contribution in [3.8, 4) is 17.1 Å². The monoisotopic (exact) mass is 395 g/mol. The lowest BCUT2D eigenvalue weighted by Gasteiger charge is -2.13. The average Bonchev–Trinajstić information content (AvgIpc) is 3.33. The van der Waals surface area contributed by atoms with E-state index in [1.807, 2.05) is 73.8 Å². The summed E-state index contributed by atoms with van der Waals surface area (Å²) in [4.78, 5) is 21.4. The number of hydrogen-bond donors (Lipinski definition) is 1. The largest absolute Gasteiger partial charge is 0.466 e. The van der Waals surface area contributed by atoms with Crippen molar-refractivity contribution in [2.24, 2.45) is 0 Å². The highest BCUT2D eigenvalue weighted by Gasteiger charge is 2.21. The molecule has 1 aromatic heterocycles. The molecule has 30 heavy (non-hydrogen) atoms. The van der Waals surface area contributed by atoms with E-state index >= 15 is 0 Å². The van der Waals surface area contributed by atoms with Crippen LogP contribution in [0.15, 0.2) is 88.2 Å².